The van der Waals surface area contributed by atoms with Crippen LogP contribution in [-0.4, -0.2) is 62.9 Å². The lowest BCUT2D eigenvalue weighted by atomic mass is 10.2. The average Bonchev–Trinajstić information content (AvgIpc) is 3.55. The number of azo groups is 1. The molecule has 18 heteroatoms. The van der Waals surface area contributed by atoms with E-state index in [0.29, 0.717) is 11.0 Å². The van der Waals surface area contributed by atoms with Gasteiger partial charge in [-0.1, -0.05) is 12.1 Å². The number of nitriles is 1. The third-order valence-corrected chi connectivity index (χ3v) is 7.59. The molecular formula is C23H18N8O8S2. The number of esters is 1. The van der Waals surface area contributed by atoms with Crippen molar-refractivity contribution in [3.63, 3.8) is 0 Å². The predicted molar refractivity (Wildman–Crippen MR) is 140 cm³/mol. The lowest BCUT2D eigenvalue weighted by Crippen LogP contribution is -2.09. The SMILES string of the molecule is CCOC(=O)c1[nH]n2c(nc3ccccc32)c1N=Nc1c(C#N)c(C)nn1-c1cc(S(=O)(=O)O)ccc1S(=O)(=O)O. The molecule has 3 aromatic heterocycles. The van der Waals surface area contributed by atoms with Crippen molar-refractivity contribution in [3.8, 4) is 11.8 Å². The Morgan fingerprint density at radius 2 is 1.85 bits per heavy atom. The number of imidazole rings is 1. The number of nitrogens with one attached hydrogen (secondary N) is 1. The summed E-state index contributed by atoms with van der Waals surface area (Å²) in [6.45, 7) is 3.05. The number of carbonyl (C=O) groups is 1. The Bertz CT molecular complexity index is 2170. The molecule has 0 spiro atoms. The van der Waals surface area contributed by atoms with Gasteiger partial charge in [-0.25, -0.2) is 19.0 Å². The van der Waals surface area contributed by atoms with Crippen molar-refractivity contribution in [1.82, 2.24) is 24.4 Å². The van der Waals surface area contributed by atoms with Crippen LogP contribution in [0.2, 0.25) is 0 Å². The zero-order valence-electron chi connectivity index (χ0n) is 21.0. The van der Waals surface area contributed by atoms with E-state index >= 15 is 0 Å². The van der Waals surface area contributed by atoms with E-state index in [-0.39, 0.29) is 40.7 Å². The number of aromatic nitrogens is 5. The molecule has 0 aliphatic carbocycles. The van der Waals surface area contributed by atoms with Crippen LogP contribution in [0.25, 0.3) is 22.4 Å². The summed E-state index contributed by atoms with van der Waals surface area (Å²) in [5.41, 5.74) is 0.412. The number of aromatic amines is 1. The summed E-state index contributed by atoms with van der Waals surface area (Å²) >= 11 is 0. The van der Waals surface area contributed by atoms with E-state index in [1.165, 1.54) is 11.4 Å². The normalized spacial score (nSPS) is 12.4. The quantitative estimate of drug-likeness (QED) is 0.140. The third-order valence-electron chi connectivity index (χ3n) is 5.84. The second-order valence-corrected chi connectivity index (χ2v) is 11.2. The molecule has 3 heterocycles. The van der Waals surface area contributed by atoms with Gasteiger partial charge in [-0.3, -0.25) is 14.2 Å². The highest BCUT2D eigenvalue weighted by atomic mass is 32.2. The number of hydrogen-bond acceptors (Lipinski definition) is 11. The third kappa shape index (κ3) is 4.82. The first-order chi connectivity index (χ1) is 19.3. The fraction of sp³-hybridized carbons (Fsp3) is 0.130. The number of hydrogen-bond donors (Lipinski definition) is 3. The molecule has 0 bridgehead atoms. The van der Waals surface area contributed by atoms with Crippen molar-refractivity contribution < 1.29 is 35.5 Å². The van der Waals surface area contributed by atoms with Crippen molar-refractivity contribution in [2.45, 2.75) is 23.6 Å². The minimum absolute atomic E-state index is 0.0383. The topological polar surface area (TPSA) is 234 Å². The Morgan fingerprint density at radius 1 is 1.12 bits per heavy atom. The maximum Gasteiger partial charge on any atom is 0.358 e. The summed E-state index contributed by atoms with van der Waals surface area (Å²) in [6, 6.07) is 11.1. The van der Waals surface area contributed by atoms with Crippen LogP contribution in [0, 0.1) is 18.3 Å². The van der Waals surface area contributed by atoms with Gasteiger partial charge in [0.1, 0.15) is 16.5 Å². The highest BCUT2D eigenvalue weighted by Gasteiger charge is 2.27. The Morgan fingerprint density at radius 3 is 2.51 bits per heavy atom. The van der Waals surface area contributed by atoms with Gasteiger partial charge < -0.3 is 4.74 Å². The number of carbonyl (C=O) groups excluding carboxylic acids is 1. The Balaban J connectivity index is 1.78. The first-order valence-electron chi connectivity index (χ1n) is 11.5. The molecule has 41 heavy (non-hydrogen) atoms. The maximum atomic E-state index is 12.7. The highest BCUT2D eigenvalue weighted by molar-refractivity contribution is 7.86. The highest BCUT2D eigenvalue weighted by Crippen LogP contribution is 2.34. The van der Waals surface area contributed by atoms with Crippen LogP contribution in [-0.2, 0) is 25.0 Å². The van der Waals surface area contributed by atoms with Crippen molar-refractivity contribution >= 4 is 54.4 Å². The number of rotatable bonds is 7. The van der Waals surface area contributed by atoms with Gasteiger partial charge >= 0.3 is 5.97 Å². The average molecular weight is 599 g/mol. The molecule has 210 valence electrons. The second kappa shape index (κ2) is 9.90. The number of para-hydroxylation sites is 2. The number of benzene rings is 2. The molecule has 0 radical (unpaired) electrons. The van der Waals surface area contributed by atoms with E-state index in [4.69, 9.17) is 4.74 Å². The van der Waals surface area contributed by atoms with Gasteiger partial charge in [0.2, 0.25) is 0 Å². The molecule has 5 aromatic rings. The van der Waals surface area contributed by atoms with Crippen molar-refractivity contribution in [2.75, 3.05) is 6.61 Å². The molecule has 0 saturated heterocycles. The van der Waals surface area contributed by atoms with Gasteiger partial charge in [-0.15, -0.1) is 10.2 Å². The van der Waals surface area contributed by atoms with E-state index in [1.807, 2.05) is 6.07 Å². The summed E-state index contributed by atoms with van der Waals surface area (Å²) in [4.78, 5) is 15.7. The fourth-order valence-electron chi connectivity index (χ4n) is 4.06. The molecule has 2 aromatic carbocycles. The van der Waals surface area contributed by atoms with Crippen LogP contribution in [0.5, 0.6) is 0 Å². The summed E-state index contributed by atoms with van der Waals surface area (Å²) in [6.07, 6.45) is 0. The monoisotopic (exact) mass is 598 g/mol. The second-order valence-electron chi connectivity index (χ2n) is 8.40. The maximum absolute atomic E-state index is 12.7. The Hall–Kier alpha value is -4.96. The number of aryl methyl sites for hydroxylation is 1. The minimum atomic E-state index is -4.97. The summed E-state index contributed by atoms with van der Waals surface area (Å²) in [5.74, 6) is -1.16. The molecule has 0 unspecified atom stereocenters. The van der Waals surface area contributed by atoms with Crippen LogP contribution < -0.4 is 0 Å². The van der Waals surface area contributed by atoms with Crippen molar-refractivity contribution in [2.24, 2.45) is 10.2 Å². The van der Waals surface area contributed by atoms with E-state index in [1.54, 1.807) is 31.2 Å². The smallest absolute Gasteiger partial charge is 0.358 e. The van der Waals surface area contributed by atoms with Crippen LogP contribution in [0.3, 0.4) is 0 Å². The van der Waals surface area contributed by atoms with Crippen molar-refractivity contribution in [1.29, 1.82) is 5.26 Å². The first-order valence-corrected chi connectivity index (χ1v) is 14.4. The first kappa shape index (κ1) is 27.6. The summed E-state index contributed by atoms with van der Waals surface area (Å²) < 4.78 is 74.5. The van der Waals surface area contributed by atoms with Gasteiger partial charge in [0.25, 0.3) is 20.2 Å². The molecule has 0 aliphatic rings. The van der Waals surface area contributed by atoms with Gasteiger partial charge in [0.05, 0.1) is 33.9 Å². The molecule has 0 atom stereocenters. The molecular weight excluding hydrogens is 580 g/mol. The Kier molecular flexibility index (Phi) is 6.66. The molecule has 0 aliphatic heterocycles. The predicted octanol–water partition coefficient (Wildman–Crippen LogP) is 3.27. The van der Waals surface area contributed by atoms with Gasteiger partial charge in [-0.05, 0) is 44.2 Å². The minimum Gasteiger partial charge on any atom is -0.461 e. The molecule has 0 saturated carbocycles. The summed E-state index contributed by atoms with van der Waals surface area (Å²) in [5, 5.41) is 25.0. The van der Waals surface area contributed by atoms with Crippen molar-refractivity contribution in [3.05, 3.63) is 59.4 Å². The lowest BCUT2D eigenvalue weighted by Gasteiger charge is -2.10. The molecule has 5 rings (SSSR count). The number of ether oxygens (including phenoxy) is 1. The van der Waals surface area contributed by atoms with Gasteiger partial charge in [-0.2, -0.15) is 27.2 Å². The number of fused-ring (bicyclic) bond motifs is 3. The zero-order chi connectivity index (χ0) is 29.7. The molecule has 3 N–H and O–H groups in total. The van der Waals surface area contributed by atoms with Crippen LogP contribution >= 0.6 is 0 Å². The lowest BCUT2D eigenvalue weighted by molar-refractivity contribution is 0.0520. The Labute approximate surface area is 231 Å². The van der Waals surface area contributed by atoms with E-state index < -0.39 is 41.7 Å². The zero-order valence-corrected chi connectivity index (χ0v) is 22.7. The van der Waals surface area contributed by atoms with Crippen LogP contribution in [0.15, 0.2) is 62.5 Å². The molecule has 16 nitrogen and oxygen atoms in total. The van der Waals surface area contributed by atoms with Gasteiger partial charge in [0, 0.05) is 0 Å². The number of nitrogens with zero attached hydrogens (tertiary/aromatic N) is 7. The fourth-order valence-corrected chi connectivity index (χ4v) is 5.21. The van der Waals surface area contributed by atoms with E-state index in [9.17, 15) is 36.0 Å². The largest absolute Gasteiger partial charge is 0.461 e. The van der Waals surface area contributed by atoms with Crippen LogP contribution in [0.4, 0.5) is 11.5 Å². The molecule has 0 amide bonds. The standard InChI is InChI=1S/C23H18N8O8S2/c1-3-39-23(32)20-19(22-25-15-6-4-5-7-16(15)30(22)29-20)26-27-21-14(11-24)12(2)28-31(21)17-10-13(40(33,34)35)8-9-18(17)41(36,37)38/h4-10,29H,3H2,1-2H3,(H,33,34,35)(H,36,37,38). The van der Waals surface area contributed by atoms with Gasteiger partial charge in [0.15, 0.2) is 22.8 Å². The summed E-state index contributed by atoms with van der Waals surface area (Å²) in [7, 11) is -9.80. The number of H-pyrrole nitrogens is 1. The van der Waals surface area contributed by atoms with E-state index in [0.717, 1.165) is 22.9 Å². The van der Waals surface area contributed by atoms with Crippen LogP contribution in [0.1, 0.15) is 28.7 Å². The van der Waals surface area contributed by atoms with E-state index in [2.05, 4.69) is 25.4 Å². The molecule has 0 fully saturated rings.